The second-order valence-electron chi connectivity index (χ2n) is 1.74. The Balaban J connectivity index is 3.30. The predicted octanol–water partition coefficient (Wildman–Crippen LogP) is 1.50. The first-order valence-electron chi connectivity index (χ1n) is 2.60. The number of rotatable bonds is 1. The lowest BCUT2D eigenvalue weighted by Gasteiger charge is -1.95. The summed E-state index contributed by atoms with van der Waals surface area (Å²) in [6.45, 7) is 0. The maximum atomic E-state index is 9.88. The van der Waals surface area contributed by atoms with Crippen LogP contribution in [-0.2, 0) is 0 Å². The molecule has 0 saturated carbocycles. The fourth-order valence-electron chi connectivity index (χ4n) is 0.613. The topological polar surface area (TPSA) is 69.9 Å². The van der Waals surface area contributed by atoms with E-state index in [1.807, 2.05) is 0 Å². The van der Waals surface area contributed by atoms with Crippen molar-refractivity contribution in [2.75, 3.05) is 0 Å². The van der Waals surface area contributed by atoms with Crippen molar-refractivity contribution in [3.8, 4) is 11.5 Å². The Morgan fingerprint density at radius 3 is 2.00 bits per heavy atom. The standard InChI is InChI=1S/C6H5NO3/c8-4-2-1-3-5(9)6(4)7-10/h1-3,8-9H. The summed E-state index contributed by atoms with van der Waals surface area (Å²) in [5, 5.41) is 20.1. The van der Waals surface area contributed by atoms with Crippen LogP contribution >= 0.6 is 0 Å². The van der Waals surface area contributed by atoms with Crippen molar-refractivity contribution >= 4 is 5.69 Å². The molecule has 0 heterocycles. The first kappa shape index (κ1) is 6.54. The molecule has 1 aromatic rings. The zero-order valence-electron chi connectivity index (χ0n) is 4.98. The highest BCUT2D eigenvalue weighted by molar-refractivity contribution is 5.60. The van der Waals surface area contributed by atoms with Crippen LogP contribution in [0.2, 0.25) is 0 Å². The van der Waals surface area contributed by atoms with E-state index in [2.05, 4.69) is 5.18 Å². The summed E-state index contributed by atoms with van der Waals surface area (Å²) in [5.41, 5.74) is -0.317. The van der Waals surface area contributed by atoms with Crippen LogP contribution in [0.3, 0.4) is 0 Å². The first-order chi connectivity index (χ1) is 4.75. The van der Waals surface area contributed by atoms with E-state index in [0.29, 0.717) is 0 Å². The quantitative estimate of drug-likeness (QED) is 0.579. The molecular weight excluding hydrogens is 134 g/mol. The van der Waals surface area contributed by atoms with Crippen molar-refractivity contribution in [3.05, 3.63) is 23.1 Å². The number of nitrogens with zero attached hydrogens (tertiary/aromatic N) is 1. The van der Waals surface area contributed by atoms with Gasteiger partial charge in [0, 0.05) is 0 Å². The van der Waals surface area contributed by atoms with Gasteiger partial charge in [0.1, 0.15) is 11.5 Å². The molecule has 0 aromatic heterocycles. The molecule has 4 heteroatoms. The van der Waals surface area contributed by atoms with Gasteiger partial charge >= 0.3 is 0 Å². The minimum Gasteiger partial charge on any atom is -0.505 e. The number of phenols is 2. The van der Waals surface area contributed by atoms with Crippen LogP contribution in [0.1, 0.15) is 0 Å². The lowest BCUT2D eigenvalue weighted by atomic mass is 10.3. The minimum atomic E-state index is -0.317. The number of nitroso groups, excluding NO2 is 1. The second kappa shape index (κ2) is 2.34. The third-order valence-electron chi connectivity index (χ3n) is 1.08. The van der Waals surface area contributed by atoms with Crippen LogP contribution in [0.4, 0.5) is 5.69 Å². The molecule has 0 unspecified atom stereocenters. The Bertz CT molecular complexity index is 239. The largest absolute Gasteiger partial charge is 0.505 e. The maximum Gasteiger partial charge on any atom is 0.191 e. The summed E-state index contributed by atoms with van der Waals surface area (Å²) in [5.74, 6) is -0.620. The van der Waals surface area contributed by atoms with Gasteiger partial charge in [-0.05, 0) is 17.3 Å². The number of aromatic hydroxyl groups is 2. The van der Waals surface area contributed by atoms with E-state index in [-0.39, 0.29) is 17.2 Å². The summed E-state index contributed by atoms with van der Waals surface area (Å²) in [4.78, 5) is 9.88. The molecule has 1 aromatic carbocycles. The Labute approximate surface area is 56.7 Å². The highest BCUT2D eigenvalue weighted by atomic mass is 16.3. The smallest absolute Gasteiger partial charge is 0.191 e. The van der Waals surface area contributed by atoms with Crippen LogP contribution in [0.5, 0.6) is 11.5 Å². The molecule has 0 amide bonds. The molecule has 0 aliphatic carbocycles. The van der Waals surface area contributed by atoms with Gasteiger partial charge in [0.25, 0.3) is 0 Å². The lowest BCUT2D eigenvalue weighted by Crippen LogP contribution is -1.67. The monoisotopic (exact) mass is 139 g/mol. The third-order valence-corrected chi connectivity index (χ3v) is 1.08. The highest BCUT2D eigenvalue weighted by Crippen LogP contribution is 2.34. The zero-order valence-corrected chi connectivity index (χ0v) is 4.98. The van der Waals surface area contributed by atoms with Crippen LogP contribution in [0.25, 0.3) is 0 Å². The average molecular weight is 139 g/mol. The van der Waals surface area contributed by atoms with E-state index >= 15 is 0 Å². The lowest BCUT2D eigenvalue weighted by molar-refractivity contribution is 0.453. The summed E-state index contributed by atoms with van der Waals surface area (Å²) < 4.78 is 0. The zero-order chi connectivity index (χ0) is 7.56. The molecule has 0 radical (unpaired) electrons. The van der Waals surface area contributed by atoms with Crippen molar-refractivity contribution in [3.63, 3.8) is 0 Å². The fraction of sp³-hybridized carbons (Fsp3) is 0. The van der Waals surface area contributed by atoms with Crippen LogP contribution in [0.15, 0.2) is 23.4 Å². The normalized spacial score (nSPS) is 9.20. The SMILES string of the molecule is O=Nc1c(O)cccc1O. The van der Waals surface area contributed by atoms with Gasteiger partial charge in [0.05, 0.1) is 0 Å². The fourth-order valence-corrected chi connectivity index (χ4v) is 0.613. The molecular formula is C6H5NO3. The van der Waals surface area contributed by atoms with Gasteiger partial charge in [-0.2, -0.15) is 0 Å². The average Bonchev–Trinajstić information content (AvgIpc) is 1.88. The van der Waals surface area contributed by atoms with Crippen LogP contribution in [-0.4, -0.2) is 10.2 Å². The van der Waals surface area contributed by atoms with Gasteiger partial charge in [-0.15, -0.1) is 4.91 Å². The van der Waals surface area contributed by atoms with Gasteiger partial charge in [-0.25, -0.2) is 0 Å². The van der Waals surface area contributed by atoms with E-state index in [9.17, 15) is 4.91 Å². The number of phenolic OH excluding ortho intramolecular Hbond substituents is 2. The summed E-state index contributed by atoms with van der Waals surface area (Å²) >= 11 is 0. The van der Waals surface area contributed by atoms with E-state index in [1.165, 1.54) is 18.2 Å². The molecule has 0 aliphatic heterocycles. The van der Waals surface area contributed by atoms with Crippen molar-refractivity contribution < 1.29 is 10.2 Å². The van der Waals surface area contributed by atoms with Gasteiger partial charge in [-0.3, -0.25) is 0 Å². The van der Waals surface area contributed by atoms with Gasteiger partial charge in [0.2, 0.25) is 0 Å². The molecule has 4 nitrogen and oxygen atoms in total. The number of benzene rings is 1. The van der Waals surface area contributed by atoms with E-state index < -0.39 is 0 Å². The first-order valence-corrected chi connectivity index (χ1v) is 2.60. The summed E-state index contributed by atoms with van der Waals surface area (Å²) in [6, 6.07) is 3.96. The Morgan fingerprint density at radius 1 is 1.20 bits per heavy atom. The summed E-state index contributed by atoms with van der Waals surface area (Å²) in [7, 11) is 0. The molecule has 10 heavy (non-hydrogen) atoms. The Morgan fingerprint density at radius 2 is 1.70 bits per heavy atom. The van der Waals surface area contributed by atoms with Crippen molar-refractivity contribution in [2.45, 2.75) is 0 Å². The maximum absolute atomic E-state index is 9.88. The molecule has 0 fully saturated rings. The summed E-state index contributed by atoms with van der Waals surface area (Å²) in [6.07, 6.45) is 0. The van der Waals surface area contributed by atoms with Gasteiger partial charge in [0.15, 0.2) is 5.69 Å². The number of hydrogen-bond acceptors (Lipinski definition) is 4. The van der Waals surface area contributed by atoms with Crippen LogP contribution < -0.4 is 0 Å². The molecule has 0 atom stereocenters. The van der Waals surface area contributed by atoms with Gasteiger partial charge in [-0.1, -0.05) is 6.07 Å². The molecule has 0 aliphatic rings. The minimum absolute atomic E-state index is 0.310. The van der Waals surface area contributed by atoms with E-state index in [1.54, 1.807) is 0 Å². The third kappa shape index (κ3) is 0.907. The van der Waals surface area contributed by atoms with Crippen molar-refractivity contribution in [1.82, 2.24) is 0 Å². The van der Waals surface area contributed by atoms with E-state index in [0.717, 1.165) is 0 Å². The highest BCUT2D eigenvalue weighted by Gasteiger charge is 2.04. The molecule has 0 saturated heterocycles. The predicted molar refractivity (Wildman–Crippen MR) is 35.2 cm³/mol. The molecule has 52 valence electrons. The molecule has 1 rings (SSSR count). The van der Waals surface area contributed by atoms with Gasteiger partial charge < -0.3 is 10.2 Å². The molecule has 0 spiro atoms. The van der Waals surface area contributed by atoms with Crippen molar-refractivity contribution in [1.29, 1.82) is 0 Å². The number of hydrogen-bond donors (Lipinski definition) is 2. The molecule has 0 bridgehead atoms. The van der Waals surface area contributed by atoms with Crippen molar-refractivity contribution in [2.24, 2.45) is 5.18 Å². The van der Waals surface area contributed by atoms with Crippen LogP contribution in [0, 0.1) is 4.91 Å². The molecule has 2 N–H and O–H groups in total. The Hall–Kier alpha value is -1.58. The second-order valence-corrected chi connectivity index (χ2v) is 1.74. The van der Waals surface area contributed by atoms with E-state index in [4.69, 9.17) is 10.2 Å². The Kier molecular flexibility index (Phi) is 1.53.